The maximum absolute atomic E-state index is 13.4. The van der Waals surface area contributed by atoms with Gasteiger partial charge in [-0.2, -0.15) is 4.98 Å². The van der Waals surface area contributed by atoms with Crippen LogP contribution in [0.25, 0.3) is 0 Å². The van der Waals surface area contributed by atoms with Crippen LogP contribution in [-0.2, 0) is 0 Å². The molecule has 2 rings (SSSR count). The van der Waals surface area contributed by atoms with Crippen LogP contribution in [0.3, 0.4) is 0 Å². The topological polar surface area (TPSA) is 47.0 Å². The van der Waals surface area contributed by atoms with Crippen molar-refractivity contribution in [3.63, 3.8) is 0 Å². The molecule has 1 N–H and O–H groups in total. The van der Waals surface area contributed by atoms with Gasteiger partial charge in [-0.3, -0.25) is 0 Å². The van der Waals surface area contributed by atoms with Gasteiger partial charge in [0.25, 0.3) is 0 Å². The summed E-state index contributed by atoms with van der Waals surface area (Å²) in [6.07, 6.45) is 1.02. The van der Waals surface area contributed by atoms with Crippen molar-refractivity contribution in [3.8, 4) is 5.75 Å². The molecule has 1 heterocycles. The van der Waals surface area contributed by atoms with Crippen molar-refractivity contribution in [3.05, 3.63) is 41.1 Å². The van der Waals surface area contributed by atoms with E-state index in [-0.39, 0.29) is 11.1 Å². The van der Waals surface area contributed by atoms with E-state index in [1.165, 1.54) is 0 Å². The molecule has 0 bridgehead atoms. The number of ether oxygens (including phenoxy) is 1. The summed E-state index contributed by atoms with van der Waals surface area (Å²) in [5.74, 6) is 0.167. The molecule has 0 spiro atoms. The summed E-state index contributed by atoms with van der Waals surface area (Å²) < 4.78 is 18.6. The molecule has 0 atom stereocenters. The van der Waals surface area contributed by atoms with Crippen LogP contribution in [0.5, 0.6) is 5.75 Å². The lowest BCUT2D eigenvalue weighted by atomic mass is 10.2. The van der Waals surface area contributed by atoms with Crippen molar-refractivity contribution >= 4 is 23.1 Å². The summed E-state index contributed by atoms with van der Waals surface area (Å²) in [4.78, 5) is 7.32. The predicted octanol–water partition coefficient (Wildman–Crippen LogP) is 3.33. The van der Waals surface area contributed by atoms with Crippen LogP contribution < -0.4 is 10.1 Å². The van der Waals surface area contributed by atoms with E-state index in [0.717, 1.165) is 11.8 Å². The fourth-order valence-corrected chi connectivity index (χ4v) is 1.60. The lowest BCUT2D eigenvalue weighted by molar-refractivity contribution is 0.412. The molecule has 0 aliphatic heterocycles. The molecule has 0 saturated heterocycles. The molecule has 1 aromatic heterocycles. The fourth-order valence-electron chi connectivity index (χ4n) is 1.47. The Bertz CT molecular complexity index is 577. The number of halogens is 2. The lowest BCUT2D eigenvalue weighted by Crippen LogP contribution is -1.99. The molecule has 0 aliphatic rings. The van der Waals surface area contributed by atoms with Gasteiger partial charge in [0, 0.05) is 11.8 Å². The van der Waals surface area contributed by atoms with E-state index in [2.05, 4.69) is 15.3 Å². The zero-order valence-corrected chi connectivity index (χ0v) is 10.6. The number of hydrogen-bond donors (Lipinski definition) is 1. The third kappa shape index (κ3) is 2.68. The molecule has 0 unspecified atom stereocenters. The third-order valence-corrected chi connectivity index (χ3v) is 2.57. The summed E-state index contributed by atoms with van der Waals surface area (Å²) >= 11 is 5.61. The fraction of sp³-hybridized carbons (Fsp3) is 0.167. The molecular formula is C12H11ClFN3O. The predicted molar refractivity (Wildman–Crippen MR) is 68.0 cm³/mol. The number of rotatable bonds is 3. The second kappa shape index (κ2) is 5.18. The van der Waals surface area contributed by atoms with Crippen molar-refractivity contribution in [2.75, 3.05) is 12.4 Å². The van der Waals surface area contributed by atoms with Crippen LogP contribution in [0.15, 0.2) is 24.4 Å². The molecule has 0 amide bonds. The third-order valence-electron chi connectivity index (χ3n) is 2.39. The molecule has 0 aliphatic carbocycles. The van der Waals surface area contributed by atoms with Gasteiger partial charge in [0.2, 0.25) is 5.28 Å². The Labute approximate surface area is 109 Å². The summed E-state index contributed by atoms with van der Waals surface area (Å²) in [5, 5.41) is 2.81. The van der Waals surface area contributed by atoms with Crippen molar-refractivity contribution in [1.82, 2.24) is 9.97 Å². The van der Waals surface area contributed by atoms with E-state index < -0.39 is 5.82 Å². The van der Waals surface area contributed by atoms with E-state index in [1.807, 2.05) is 13.0 Å². The Kier molecular flexibility index (Phi) is 3.62. The Hall–Kier alpha value is -1.88. The standard InChI is InChI=1S/C12H11ClFN3O/c1-7-3-4-8(5-10(7)18-2)16-11-9(14)6-15-12(13)17-11/h3-6H,1-2H3,(H,15,16,17). The maximum atomic E-state index is 13.4. The SMILES string of the molecule is COc1cc(Nc2nc(Cl)ncc2F)ccc1C. The highest BCUT2D eigenvalue weighted by Gasteiger charge is 2.07. The number of anilines is 2. The number of nitrogens with zero attached hydrogens (tertiary/aromatic N) is 2. The molecule has 2 aromatic rings. The van der Waals surface area contributed by atoms with Crippen LogP contribution in [0.2, 0.25) is 5.28 Å². The monoisotopic (exact) mass is 267 g/mol. The van der Waals surface area contributed by atoms with Crippen molar-refractivity contribution < 1.29 is 9.13 Å². The largest absolute Gasteiger partial charge is 0.496 e. The highest BCUT2D eigenvalue weighted by molar-refractivity contribution is 6.28. The minimum atomic E-state index is -0.570. The zero-order valence-electron chi connectivity index (χ0n) is 9.87. The van der Waals surface area contributed by atoms with Crippen LogP contribution in [-0.4, -0.2) is 17.1 Å². The van der Waals surface area contributed by atoms with Crippen molar-refractivity contribution in [2.45, 2.75) is 6.92 Å². The molecule has 18 heavy (non-hydrogen) atoms. The van der Waals surface area contributed by atoms with Gasteiger partial charge in [-0.1, -0.05) is 6.07 Å². The Balaban J connectivity index is 2.31. The van der Waals surface area contributed by atoms with Gasteiger partial charge in [-0.25, -0.2) is 9.37 Å². The quantitative estimate of drug-likeness (QED) is 0.867. The van der Waals surface area contributed by atoms with Crippen LogP contribution >= 0.6 is 11.6 Å². The van der Waals surface area contributed by atoms with Gasteiger partial charge in [0.05, 0.1) is 13.3 Å². The first-order chi connectivity index (χ1) is 8.60. The van der Waals surface area contributed by atoms with Gasteiger partial charge in [0.15, 0.2) is 11.6 Å². The average Bonchev–Trinajstić information content (AvgIpc) is 2.36. The Morgan fingerprint density at radius 2 is 2.17 bits per heavy atom. The van der Waals surface area contributed by atoms with Crippen LogP contribution in [0.4, 0.5) is 15.9 Å². The van der Waals surface area contributed by atoms with Crippen molar-refractivity contribution in [1.29, 1.82) is 0 Å². The summed E-state index contributed by atoms with van der Waals surface area (Å²) in [7, 11) is 1.58. The average molecular weight is 268 g/mol. The van der Waals surface area contributed by atoms with Gasteiger partial charge in [-0.15, -0.1) is 0 Å². The lowest BCUT2D eigenvalue weighted by Gasteiger charge is -2.10. The van der Waals surface area contributed by atoms with Gasteiger partial charge >= 0.3 is 0 Å². The Morgan fingerprint density at radius 3 is 2.89 bits per heavy atom. The number of benzene rings is 1. The van der Waals surface area contributed by atoms with Crippen LogP contribution in [0, 0.1) is 12.7 Å². The highest BCUT2D eigenvalue weighted by atomic mass is 35.5. The highest BCUT2D eigenvalue weighted by Crippen LogP contribution is 2.25. The molecule has 0 saturated carbocycles. The second-order valence-electron chi connectivity index (χ2n) is 3.64. The smallest absolute Gasteiger partial charge is 0.224 e. The summed E-state index contributed by atoms with van der Waals surface area (Å²) in [5.41, 5.74) is 1.65. The normalized spacial score (nSPS) is 10.2. The summed E-state index contributed by atoms with van der Waals surface area (Å²) in [6.45, 7) is 1.92. The first-order valence-electron chi connectivity index (χ1n) is 5.20. The number of hydrogen-bond acceptors (Lipinski definition) is 4. The van der Waals surface area contributed by atoms with Gasteiger partial charge in [0.1, 0.15) is 5.75 Å². The zero-order chi connectivity index (χ0) is 13.1. The van der Waals surface area contributed by atoms with E-state index in [4.69, 9.17) is 16.3 Å². The molecule has 4 nitrogen and oxygen atoms in total. The van der Waals surface area contributed by atoms with E-state index in [1.54, 1.807) is 19.2 Å². The number of aryl methyl sites for hydroxylation is 1. The van der Waals surface area contributed by atoms with E-state index in [9.17, 15) is 4.39 Å². The number of nitrogens with one attached hydrogen (secondary N) is 1. The minimum Gasteiger partial charge on any atom is -0.496 e. The molecular weight excluding hydrogens is 257 g/mol. The molecule has 0 radical (unpaired) electrons. The summed E-state index contributed by atoms with van der Waals surface area (Å²) in [6, 6.07) is 5.42. The van der Waals surface area contributed by atoms with E-state index >= 15 is 0 Å². The van der Waals surface area contributed by atoms with Crippen molar-refractivity contribution in [2.24, 2.45) is 0 Å². The molecule has 94 valence electrons. The molecule has 6 heteroatoms. The second-order valence-corrected chi connectivity index (χ2v) is 3.98. The molecule has 1 aromatic carbocycles. The minimum absolute atomic E-state index is 0.0158. The van der Waals surface area contributed by atoms with Gasteiger partial charge < -0.3 is 10.1 Å². The first-order valence-corrected chi connectivity index (χ1v) is 5.57. The van der Waals surface area contributed by atoms with Gasteiger partial charge in [-0.05, 0) is 30.2 Å². The van der Waals surface area contributed by atoms with E-state index in [0.29, 0.717) is 11.4 Å². The number of aromatic nitrogens is 2. The van der Waals surface area contributed by atoms with Crippen LogP contribution in [0.1, 0.15) is 5.56 Å². The number of methoxy groups -OCH3 is 1. The first kappa shape index (κ1) is 12.6. The molecule has 0 fully saturated rings. The Morgan fingerprint density at radius 1 is 1.39 bits per heavy atom. The maximum Gasteiger partial charge on any atom is 0.224 e.